The second-order valence-electron chi connectivity index (χ2n) is 5.12. The van der Waals surface area contributed by atoms with Crippen LogP contribution in [-0.2, 0) is 9.53 Å². The van der Waals surface area contributed by atoms with Crippen LogP contribution in [0.5, 0.6) is 5.75 Å². The van der Waals surface area contributed by atoms with Crippen LogP contribution in [0.1, 0.15) is 23.7 Å². The Morgan fingerprint density at radius 1 is 1.16 bits per heavy atom. The van der Waals surface area contributed by atoms with Gasteiger partial charge in [0.1, 0.15) is 11.6 Å². The van der Waals surface area contributed by atoms with Gasteiger partial charge >= 0.3 is 5.97 Å². The number of ether oxygens (including phenoxy) is 2. The molecular formula is C18H17ClFNO4. The highest BCUT2D eigenvalue weighted by Gasteiger charge is 2.12. The van der Waals surface area contributed by atoms with Gasteiger partial charge in [-0.15, -0.1) is 0 Å². The number of hydrogen-bond donors (Lipinski definition) is 1. The Kier molecular flexibility index (Phi) is 6.77. The smallest absolute Gasteiger partial charge is 0.338 e. The van der Waals surface area contributed by atoms with Gasteiger partial charge in [0, 0.05) is 0 Å². The van der Waals surface area contributed by atoms with Crippen molar-refractivity contribution in [3.8, 4) is 5.75 Å². The third kappa shape index (κ3) is 5.76. The van der Waals surface area contributed by atoms with Crippen molar-refractivity contribution >= 4 is 29.2 Å². The van der Waals surface area contributed by atoms with E-state index in [2.05, 4.69) is 5.32 Å². The predicted molar refractivity (Wildman–Crippen MR) is 92.6 cm³/mol. The van der Waals surface area contributed by atoms with E-state index in [1.54, 1.807) is 24.3 Å². The van der Waals surface area contributed by atoms with Crippen LogP contribution in [0.3, 0.4) is 0 Å². The maximum absolute atomic E-state index is 12.9. The summed E-state index contributed by atoms with van der Waals surface area (Å²) in [6.45, 7) is 2.10. The molecular weight excluding hydrogens is 349 g/mol. The lowest BCUT2D eigenvalue weighted by atomic mass is 10.2. The Bertz CT molecular complexity index is 749. The van der Waals surface area contributed by atoms with Crippen LogP contribution in [0.4, 0.5) is 10.1 Å². The second-order valence-corrected chi connectivity index (χ2v) is 5.53. The van der Waals surface area contributed by atoms with Crippen LogP contribution in [-0.4, -0.2) is 25.1 Å². The van der Waals surface area contributed by atoms with Crippen LogP contribution in [0.15, 0.2) is 42.5 Å². The Hall–Kier alpha value is -2.60. The Balaban J connectivity index is 1.85. The van der Waals surface area contributed by atoms with E-state index in [9.17, 15) is 14.0 Å². The topological polar surface area (TPSA) is 64.6 Å². The number of carbonyl (C=O) groups excluding carboxylic acids is 2. The first-order chi connectivity index (χ1) is 12.0. The van der Waals surface area contributed by atoms with Crippen molar-refractivity contribution in [2.75, 3.05) is 18.5 Å². The number of carbonyl (C=O) groups is 2. The highest BCUT2D eigenvalue weighted by molar-refractivity contribution is 6.33. The third-order valence-corrected chi connectivity index (χ3v) is 3.42. The molecule has 0 aliphatic heterocycles. The van der Waals surface area contributed by atoms with Gasteiger partial charge < -0.3 is 14.8 Å². The SMILES string of the molecule is CCCOc1ccc(C(=O)OCC(=O)Nc2ccc(F)cc2Cl)cc1. The fourth-order valence-corrected chi connectivity index (χ4v) is 2.11. The molecule has 1 N–H and O–H groups in total. The molecule has 0 unspecified atom stereocenters. The van der Waals surface area contributed by atoms with Gasteiger partial charge in [-0.25, -0.2) is 9.18 Å². The lowest BCUT2D eigenvalue weighted by molar-refractivity contribution is -0.119. The minimum Gasteiger partial charge on any atom is -0.494 e. The molecule has 0 heterocycles. The summed E-state index contributed by atoms with van der Waals surface area (Å²) in [5.41, 5.74) is 0.540. The number of hydrogen-bond acceptors (Lipinski definition) is 4. The molecule has 7 heteroatoms. The molecule has 132 valence electrons. The number of anilines is 1. The monoisotopic (exact) mass is 365 g/mol. The fourth-order valence-electron chi connectivity index (χ4n) is 1.90. The lowest BCUT2D eigenvalue weighted by Gasteiger charge is -2.09. The van der Waals surface area contributed by atoms with Crippen molar-refractivity contribution in [1.29, 1.82) is 0 Å². The average Bonchev–Trinajstić information content (AvgIpc) is 2.60. The quantitative estimate of drug-likeness (QED) is 0.751. The van der Waals surface area contributed by atoms with E-state index >= 15 is 0 Å². The number of amides is 1. The van der Waals surface area contributed by atoms with E-state index in [0.29, 0.717) is 17.9 Å². The Labute approximate surface area is 149 Å². The van der Waals surface area contributed by atoms with E-state index in [1.807, 2.05) is 6.92 Å². The molecule has 0 aromatic heterocycles. The number of halogens is 2. The van der Waals surface area contributed by atoms with Crippen LogP contribution >= 0.6 is 11.6 Å². The molecule has 0 aliphatic rings. The molecule has 0 spiro atoms. The number of nitrogens with one attached hydrogen (secondary N) is 1. The number of esters is 1. The lowest BCUT2D eigenvalue weighted by Crippen LogP contribution is -2.21. The summed E-state index contributed by atoms with van der Waals surface area (Å²) in [5.74, 6) is -1.07. The summed E-state index contributed by atoms with van der Waals surface area (Å²) in [6.07, 6.45) is 0.886. The van der Waals surface area contributed by atoms with Gasteiger partial charge in [-0.1, -0.05) is 18.5 Å². The van der Waals surface area contributed by atoms with Crippen LogP contribution in [0.2, 0.25) is 5.02 Å². The normalized spacial score (nSPS) is 10.2. The van der Waals surface area contributed by atoms with Gasteiger partial charge in [0.25, 0.3) is 5.91 Å². The average molecular weight is 366 g/mol. The van der Waals surface area contributed by atoms with Crippen molar-refractivity contribution in [3.63, 3.8) is 0 Å². The van der Waals surface area contributed by atoms with Crippen molar-refractivity contribution in [2.45, 2.75) is 13.3 Å². The molecule has 0 atom stereocenters. The molecule has 2 aromatic rings. The molecule has 0 bridgehead atoms. The molecule has 0 saturated carbocycles. The minimum atomic E-state index is -0.637. The molecule has 5 nitrogen and oxygen atoms in total. The molecule has 0 radical (unpaired) electrons. The van der Waals surface area contributed by atoms with Gasteiger partial charge in [0.15, 0.2) is 6.61 Å². The van der Waals surface area contributed by atoms with Crippen molar-refractivity contribution in [3.05, 3.63) is 58.9 Å². The van der Waals surface area contributed by atoms with Gasteiger partial charge in [0.2, 0.25) is 0 Å². The van der Waals surface area contributed by atoms with Crippen LogP contribution in [0.25, 0.3) is 0 Å². The first-order valence-corrected chi connectivity index (χ1v) is 8.02. The Morgan fingerprint density at radius 3 is 2.52 bits per heavy atom. The minimum absolute atomic E-state index is 0.0577. The van der Waals surface area contributed by atoms with Crippen molar-refractivity contribution in [2.24, 2.45) is 0 Å². The molecule has 2 rings (SSSR count). The molecule has 2 aromatic carbocycles. The highest BCUT2D eigenvalue weighted by atomic mass is 35.5. The van der Waals surface area contributed by atoms with Crippen LogP contribution in [0, 0.1) is 5.82 Å². The Morgan fingerprint density at radius 2 is 1.88 bits per heavy atom. The van der Waals surface area contributed by atoms with Crippen molar-refractivity contribution in [1.82, 2.24) is 0 Å². The molecule has 0 saturated heterocycles. The zero-order valence-corrected chi connectivity index (χ0v) is 14.3. The second kappa shape index (κ2) is 9.03. The highest BCUT2D eigenvalue weighted by Crippen LogP contribution is 2.22. The van der Waals surface area contributed by atoms with E-state index in [4.69, 9.17) is 21.1 Å². The first-order valence-electron chi connectivity index (χ1n) is 7.64. The summed E-state index contributed by atoms with van der Waals surface area (Å²) in [6, 6.07) is 9.99. The third-order valence-electron chi connectivity index (χ3n) is 3.10. The summed E-state index contributed by atoms with van der Waals surface area (Å²) in [4.78, 5) is 23.7. The zero-order chi connectivity index (χ0) is 18.2. The maximum Gasteiger partial charge on any atom is 0.338 e. The van der Waals surface area contributed by atoms with E-state index in [-0.39, 0.29) is 10.7 Å². The van der Waals surface area contributed by atoms with Gasteiger partial charge in [-0.2, -0.15) is 0 Å². The number of rotatable bonds is 7. The fraction of sp³-hybridized carbons (Fsp3) is 0.222. The standard InChI is InChI=1S/C18H17ClFNO4/c1-2-9-24-14-6-3-12(4-7-14)18(23)25-11-17(22)21-16-8-5-13(20)10-15(16)19/h3-8,10H,2,9,11H2,1H3,(H,21,22). The molecule has 0 aliphatic carbocycles. The van der Waals surface area contributed by atoms with E-state index < -0.39 is 24.3 Å². The summed E-state index contributed by atoms with van der Waals surface area (Å²) < 4.78 is 23.3. The van der Waals surface area contributed by atoms with Gasteiger partial charge in [0.05, 0.1) is 22.9 Å². The van der Waals surface area contributed by atoms with Crippen LogP contribution < -0.4 is 10.1 Å². The van der Waals surface area contributed by atoms with E-state index in [0.717, 1.165) is 18.6 Å². The van der Waals surface area contributed by atoms with Gasteiger partial charge in [-0.3, -0.25) is 4.79 Å². The maximum atomic E-state index is 12.9. The van der Waals surface area contributed by atoms with Gasteiger partial charge in [-0.05, 0) is 48.9 Å². The molecule has 25 heavy (non-hydrogen) atoms. The summed E-state index contributed by atoms with van der Waals surface area (Å²) in [5, 5.41) is 2.50. The largest absolute Gasteiger partial charge is 0.494 e. The molecule has 1 amide bonds. The summed E-state index contributed by atoms with van der Waals surface area (Å²) >= 11 is 5.81. The first kappa shape index (κ1) is 18.7. The zero-order valence-electron chi connectivity index (χ0n) is 13.6. The molecule has 0 fully saturated rings. The van der Waals surface area contributed by atoms with E-state index in [1.165, 1.54) is 6.07 Å². The summed E-state index contributed by atoms with van der Waals surface area (Å²) in [7, 11) is 0. The van der Waals surface area contributed by atoms with Crippen molar-refractivity contribution < 1.29 is 23.5 Å². The predicted octanol–water partition coefficient (Wildman–Crippen LogP) is 4.06. The number of benzene rings is 2.